The van der Waals surface area contributed by atoms with E-state index in [9.17, 15) is 9.59 Å². The summed E-state index contributed by atoms with van der Waals surface area (Å²) in [6.07, 6.45) is 3.75. The third-order valence-corrected chi connectivity index (χ3v) is 3.99. The van der Waals surface area contributed by atoms with Gasteiger partial charge in [-0.1, -0.05) is 13.8 Å². The molecule has 1 rings (SSSR count). The Bertz CT molecular complexity index is 339. The molecule has 21 heavy (non-hydrogen) atoms. The summed E-state index contributed by atoms with van der Waals surface area (Å²) in [6.45, 7) is 6.72. The van der Waals surface area contributed by atoms with Crippen molar-refractivity contribution < 1.29 is 14.7 Å². The van der Waals surface area contributed by atoms with Crippen molar-refractivity contribution in [3.63, 3.8) is 0 Å². The number of nitrogens with zero attached hydrogens (tertiary/aromatic N) is 1. The average molecular weight is 299 g/mol. The Morgan fingerprint density at radius 3 is 2.43 bits per heavy atom. The van der Waals surface area contributed by atoms with E-state index in [0.29, 0.717) is 18.9 Å². The number of nitrogens with one attached hydrogen (secondary N) is 2. The zero-order valence-electron chi connectivity index (χ0n) is 13.4. The Kier molecular flexibility index (Phi) is 7.50. The molecule has 0 unspecified atom stereocenters. The third-order valence-electron chi connectivity index (χ3n) is 3.99. The summed E-state index contributed by atoms with van der Waals surface area (Å²) >= 11 is 0. The van der Waals surface area contributed by atoms with Crippen LogP contribution in [-0.2, 0) is 4.79 Å². The van der Waals surface area contributed by atoms with E-state index in [1.165, 1.54) is 12.8 Å². The third kappa shape index (κ3) is 7.32. The summed E-state index contributed by atoms with van der Waals surface area (Å²) in [5.74, 6) is -0.0905. The lowest BCUT2D eigenvalue weighted by Crippen LogP contribution is -2.47. The van der Waals surface area contributed by atoms with E-state index in [4.69, 9.17) is 5.11 Å². The first-order valence-corrected chi connectivity index (χ1v) is 7.84. The molecule has 1 atom stereocenters. The average Bonchev–Trinajstić information content (AvgIpc) is 2.39. The number of likely N-dealkylation sites (tertiary alicyclic amines) is 1. The molecule has 1 saturated heterocycles. The molecule has 1 heterocycles. The van der Waals surface area contributed by atoms with Crippen molar-refractivity contribution in [2.24, 2.45) is 11.8 Å². The predicted octanol–water partition coefficient (Wildman–Crippen LogP) is 1.52. The maximum Gasteiger partial charge on any atom is 0.326 e. The highest BCUT2D eigenvalue weighted by molar-refractivity contribution is 5.82. The maximum atomic E-state index is 11.7. The summed E-state index contributed by atoms with van der Waals surface area (Å²) in [5, 5.41) is 14.4. The van der Waals surface area contributed by atoms with E-state index in [0.717, 1.165) is 19.5 Å². The minimum absolute atomic E-state index is 0.227. The van der Waals surface area contributed by atoms with Crippen molar-refractivity contribution in [1.29, 1.82) is 0 Å². The van der Waals surface area contributed by atoms with E-state index in [2.05, 4.69) is 22.6 Å². The molecule has 0 radical (unpaired) electrons. The first kappa shape index (κ1) is 17.8. The number of piperidine rings is 1. The molecule has 1 aliphatic rings. The molecule has 6 heteroatoms. The number of urea groups is 1. The zero-order chi connectivity index (χ0) is 15.8. The van der Waals surface area contributed by atoms with Crippen LogP contribution in [0.2, 0.25) is 0 Å². The fraction of sp³-hybridized carbons (Fsp3) is 0.867. The summed E-state index contributed by atoms with van der Waals surface area (Å²) in [7, 11) is 2.13. The van der Waals surface area contributed by atoms with Crippen molar-refractivity contribution in [3.8, 4) is 0 Å². The van der Waals surface area contributed by atoms with Gasteiger partial charge in [-0.25, -0.2) is 9.59 Å². The second kappa shape index (κ2) is 8.87. The van der Waals surface area contributed by atoms with Crippen molar-refractivity contribution in [1.82, 2.24) is 15.5 Å². The molecule has 0 aromatic rings. The molecule has 2 amide bonds. The Balaban J connectivity index is 2.22. The van der Waals surface area contributed by atoms with Crippen LogP contribution in [-0.4, -0.2) is 54.7 Å². The molecular formula is C15H29N3O3. The van der Waals surface area contributed by atoms with E-state index in [1.54, 1.807) is 0 Å². The van der Waals surface area contributed by atoms with Crippen LogP contribution < -0.4 is 10.6 Å². The van der Waals surface area contributed by atoms with Gasteiger partial charge in [-0.2, -0.15) is 0 Å². The Morgan fingerprint density at radius 1 is 1.29 bits per heavy atom. The van der Waals surface area contributed by atoms with Crippen LogP contribution in [0.4, 0.5) is 4.79 Å². The summed E-state index contributed by atoms with van der Waals surface area (Å²) in [4.78, 5) is 25.1. The number of carboxylic acids is 1. The van der Waals surface area contributed by atoms with Crippen LogP contribution in [0, 0.1) is 11.8 Å². The van der Waals surface area contributed by atoms with Crippen LogP contribution in [0.5, 0.6) is 0 Å². The highest BCUT2D eigenvalue weighted by Crippen LogP contribution is 2.18. The van der Waals surface area contributed by atoms with Gasteiger partial charge in [0.15, 0.2) is 0 Å². The van der Waals surface area contributed by atoms with Gasteiger partial charge in [-0.15, -0.1) is 0 Å². The van der Waals surface area contributed by atoms with Gasteiger partial charge in [0.05, 0.1) is 0 Å². The fourth-order valence-corrected chi connectivity index (χ4v) is 2.64. The quantitative estimate of drug-likeness (QED) is 0.665. The smallest absolute Gasteiger partial charge is 0.326 e. The first-order valence-electron chi connectivity index (χ1n) is 7.84. The van der Waals surface area contributed by atoms with Gasteiger partial charge >= 0.3 is 12.0 Å². The van der Waals surface area contributed by atoms with Gasteiger partial charge in [0.1, 0.15) is 6.04 Å². The number of rotatable bonds is 7. The molecule has 1 fully saturated rings. The van der Waals surface area contributed by atoms with Gasteiger partial charge in [-0.05, 0) is 57.7 Å². The molecule has 0 spiro atoms. The number of aliphatic carboxylic acids is 1. The molecule has 6 nitrogen and oxygen atoms in total. The number of carbonyl (C=O) groups is 2. The van der Waals surface area contributed by atoms with Gasteiger partial charge < -0.3 is 20.6 Å². The van der Waals surface area contributed by atoms with Crippen molar-refractivity contribution in [3.05, 3.63) is 0 Å². The van der Waals surface area contributed by atoms with E-state index in [-0.39, 0.29) is 11.9 Å². The molecular weight excluding hydrogens is 270 g/mol. The molecule has 0 aromatic heterocycles. The van der Waals surface area contributed by atoms with E-state index in [1.807, 2.05) is 13.8 Å². The number of amides is 2. The monoisotopic (exact) mass is 299 g/mol. The van der Waals surface area contributed by atoms with Crippen LogP contribution in [0.3, 0.4) is 0 Å². The zero-order valence-corrected chi connectivity index (χ0v) is 13.4. The minimum atomic E-state index is -0.978. The van der Waals surface area contributed by atoms with Crippen molar-refractivity contribution >= 4 is 12.0 Å². The van der Waals surface area contributed by atoms with E-state index >= 15 is 0 Å². The van der Waals surface area contributed by atoms with Crippen molar-refractivity contribution in [2.45, 2.75) is 45.6 Å². The standard InChI is InChI=1S/C15H29N3O3/c1-11(2)10-13(14(19)20)17-15(21)16-7-4-12-5-8-18(3)9-6-12/h11-13H,4-10H2,1-3H3,(H,19,20)(H2,16,17,21)/t13-/m1/s1. The van der Waals surface area contributed by atoms with Crippen LogP contribution >= 0.6 is 0 Å². The highest BCUT2D eigenvalue weighted by atomic mass is 16.4. The lowest BCUT2D eigenvalue weighted by Gasteiger charge is -2.28. The summed E-state index contributed by atoms with van der Waals surface area (Å²) < 4.78 is 0. The number of carbonyl (C=O) groups excluding carboxylic acids is 1. The maximum absolute atomic E-state index is 11.7. The molecule has 0 aromatic carbocycles. The van der Waals surface area contributed by atoms with E-state index < -0.39 is 12.0 Å². The molecule has 1 aliphatic heterocycles. The van der Waals surface area contributed by atoms with Gasteiger partial charge in [-0.3, -0.25) is 0 Å². The molecule has 0 bridgehead atoms. The minimum Gasteiger partial charge on any atom is -0.480 e. The molecule has 0 aliphatic carbocycles. The predicted molar refractivity (Wildman–Crippen MR) is 82.3 cm³/mol. The molecule has 0 saturated carbocycles. The number of carboxylic acid groups (broad SMARTS) is 1. The highest BCUT2D eigenvalue weighted by Gasteiger charge is 2.21. The van der Waals surface area contributed by atoms with Crippen LogP contribution in [0.15, 0.2) is 0 Å². The van der Waals surface area contributed by atoms with Gasteiger partial charge in [0.2, 0.25) is 0 Å². The lowest BCUT2D eigenvalue weighted by atomic mass is 9.94. The number of hydrogen-bond donors (Lipinski definition) is 3. The Labute approximate surface area is 127 Å². The normalized spacial score (nSPS) is 18.5. The number of hydrogen-bond acceptors (Lipinski definition) is 3. The Morgan fingerprint density at radius 2 is 1.90 bits per heavy atom. The Hall–Kier alpha value is -1.30. The molecule has 3 N–H and O–H groups in total. The topological polar surface area (TPSA) is 81.7 Å². The lowest BCUT2D eigenvalue weighted by molar-refractivity contribution is -0.139. The van der Waals surface area contributed by atoms with Gasteiger partial charge in [0.25, 0.3) is 0 Å². The van der Waals surface area contributed by atoms with Crippen LogP contribution in [0.25, 0.3) is 0 Å². The summed E-state index contributed by atoms with van der Waals surface area (Å²) in [5.41, 5.74) is 0. The first-order chi connectivity index (χ1) is 9.88. The van der Waals surface area contributed by atoms with Gasteiger partial charge in [0, 0.05) is 6.54 Å². The second-order valence-electron chi connectivity index (χ2n) is 6.46. The summed E-state index contributed by atoms with van der Waals surface area (Å²) in [6, 6.07) is -1.19. The second-order valence-corrected chi connectivity index (χ2v) is 6.46. The van der Waals surface area contributed by atoms with Crippen molar-refractivity contribution in [2.75, 3.05) is 26.7 Å². The SMILES string of the molecule is CC(C)C[C@@H](NC(=O)NCCC1CCN(C)CC1)C(=O)O. The molecule has 122 valence electrons. The largest absolute Gasteiger partial charge is 0.480 e. The fourth-order valence-electron chi connectivity index (χ4n) is 2.64. The van der Waals surface area contributed by atoms with Crippen LogP contribution in [0.1, 0.15) is 39.5 Å².